The van der Waals surface area contributed by atoms with Crippen molar-refractivity contribution in [1.29, 1.82) is 0 Å². The molecule has 1 aliphatic heterocycles. The van der Waals surface area contributed by atoms with Gasteiger partial charge in [0, 0.05) is 12.6 Å². The van der Waals surface area contributed by atoms with Crippen LogP contribution in [0.1, 0.15) is 66.4 Å². The molecule has 1 heterocycles. The Morgan fingerprint density at radius 3 is 2.18 bits per heavy atom. The molecular formula is C28H43N5O5. The number of Topliss-reactive ketones (excluding diaryl/α,β-unsaturated/α-hetero) is 1. The van der Waals surface area contributed by atoms with Gasteiger partial charge in [-0.25, -0.2) is 4.79 Å². The lowest BCUT2D eigenvalue weighted by molar-refractivity contribution is -0.143. The fourth-order valence-corrected chi connectivity index (χ4v) is 4.68. The number of ketones is 1. The number of benzene rings is 1. The molecule has 5 N–H and O–H groups in total. The number of nitrogens with zero attached hydrogens (tertiary/aromatic N) is 1. The molecule has 1 saturated heterocycles. The fraction of sp³-hybridized carbons (Fsp3) is 0.607. The first kappa shape index (κ1) is 30.8. The first-order chi connectivity index (χ1) is 17.7. The highest BCUT2D eigenvalue weighted by atomic mass is 16.2. The molecule has 1 aromatic rings. The minimum absolute atomic E-state index is 0.0298. The predicted molar refractivity (Wildman–Crippen MR) is 145 cm³/mol. The summed E-state index contributed by atoms with van der Waals surface area (Å²) in [6.07, 6.45) is 1.90. The molecule has 4 atom stereocenters. The van der Waals surface area contributed by atoms with Gasteiger partial charge in [-0.1, -0.05) is 65.0 Å². The van der Waals surface area contributed by atoms with Gasteiger partial charge in [0.1, 0.15) is 12.1 Å². The van der Waals surface area contributed by atoms with Gasteiger partial charge in [-0.2, -0.15) is 0 Å². The van der Waals surface area contributed by atoms with E-state index in [2.05, 4.69) is 16.0 Å². The maximum atomic E-state index is 13.7. The largest absolute Gasteiger partial charge is 0.363 e. The van der Waals surface area contributed by atoms with Crippen molar-refractivity contribution < 1.29 is 24.0 Å². The summed E-state index contributed by atoms with van der Waals surface area (Å²) in [5.74, 6) is -2.83. The molecule has 3 unspecified atom stereocenters. The molecule has 10 heteroatoms. The highest BCUT2D eigenvalue weighted by Crippen LogP contribution is 2.26. The third kappa shape index (κ3) is 8.85. The SMILES string of the molecule is CC(C)CC(NC(=O)[C@@H]1CCCN1C(=O)C(NC(=O)NC(C)Cc1ccccc1)C(C)(C)C)C(=O)C(N)=O. The highest BCUT2D eigenvalue weighted by molar-refractivity contribution is 6.37. The van der Waals surface area contributed by atoms with Gasteiger partial charge in [0.15, 0.2) is 0 Å². The maximum absolute atomic E-state index is 13.7. The number of hydrogen-bond acceptors (Lipinski definition) is 5. The van der Waals surface area contributed by atoms with Gasteiger partial charge in [-0.05, 0) is 49.5 Å². The summed E-state index contributed by atoms with van der Waals surface area (Å²) in [5, 5.41) is 8.36. The summed E-state index contributed by atoms with van der Waals surface area (Å²) in [6.45, 7) is 11.5. The third-order valence-corrected chi connectivity index (χ3v) is 6.57. The van der Waals surface area contributed by atoms with Gasteiger partial charge in [0.05, 0.1) is 6.04 Å². The van der Waals surface area contributed by atoms with Crippen LogP contribution < -0.4 is 21.7 Å². The van der Waals surface area contributed by atoms with Crippen molar-refractivity contribution in [2.24, 2.45) is 17.1 Å². The van der Waals surface area contributed by atoms with Crippen LogP contribution in [0.2, 0.25) is 0 Å². The first-order valence-corrected chi connectivity index (χ1v) is 13.3. The highest BCUT2D eigenvalue weighted by Gasteiger charge is 2.42. The number of rotatable bonds is 11. The summed E-state index contributed by atoms with van der Waals surface area (Å²) < 4.78 is 0. The molecule has 2 rings (SSSR count). The van der Waals surface area contributed by atoms with E-state index in [0.29, 0.717) is 25.8 Å². The van der Waals surface area contributed by atoms with Gasteiger partial charge in [-0.3, -0.25) is 19.2 Å². The molecule has 210 valence electrons. The number of carbonyl (C=O) groups excluding carboxylic acids is 5. The average molecular weight is 530 g/mol. The number of nitrogens with one attached hydrogen (secondary N) is 3. The molecule has 0 aromatic heterocycles. The Hall–Kier alpha value is -3.43. The fourth-order valence-electron chi connectivity index (χ4n) is 4.68. The lowest BCUT2D eigenvalue weighted by Crippen LogP contribution is -2.60. The number of hydrogen-bond donors (Lipinski definition) is 4. The second-order valence-corrected chi connectivity index (χ2v) is 11.6. The van der Waals surface area contributed by atoms with Crippen LogP contribution in [0.15, 0.2) is 30.3 Å². The summed E-state index contributed by atoms with van der Waals surface area (Å²) >= 11 is 0. The topological polar surface area (TPSA) is 151 Å². The van der Waals surface area contributed by atoms with Gasteiger partial charge in [0.25, 0.3) is 5.91 Å². The number of urea groups is 1. The van der Waals surface area contributed by atoms with E-state index in [1.807, 2.05) is 71.9 Å². The van der Waals surface area contributed by atoms with E-state index in [0.717, 1.165) is 5.56 Å². The van der Waals surface area contributed by atoms with Crippen molar-refractivity contribution in [2.45, 2.75) is 91.4 Å². The minimum atomic E-state index is -1.11. The van der Waals surface area contributed by atoms with Crippen LogP contribution in [0.5, 0.6) is 0 Å². The Bertz CT molecular complexity index is 1000. The lowest BCUT2D eigenvalue weighted by Gasteiger charge is -2.36. The zero-order valence-corrected chi connectivity index (χ0v) is 23.4. The number of amides is 5. The molecule has 0 spiro atoms. The normalized spacial score (nSPS) is 17.9. The maximum Gasteiger partial charge on any atom is 0.315 e. The Labute approximate surface area is 225 Å². The Balaban J connectivity index is 2.11. The zero-order valence-electron chi connectivity index (χ0n) is 23.4. The quantitative estimate of drug-likeness (QED) is 0.323. The average Bonchev–Trinajstić information content (AvgIpc) is 3.31. The van der Waals surface area contributed by atoms with Crippen molar-refractivity contribution in [3.05, 3.63) is 35.9 Å². The smallest absolute Gasteiger partial charge is 0.315 e. The van der Waals surface area contributed by atoms with Crippen LogP contribution in [-0.4, -0.2) is 65.1 Å². The van der Waals surface area contributed by atoms with Crippen LogP contribution >= 0.6 is 0 Å². The Kier molecular flexibility index (Phi) is 10.9. The van der Waals surface area contributed by atoms with E-state index in [9.17, 15) is 24.0 Å². The molecule has 1 fully saturated rings. The second-order valence-electron chi connectivity index (χ2n) is 11.6. The van der Waals surface area contributed by atoms with Crippen LogP contribution in [0.3, 0.4) is 0 Å². The third-order valence-electron chi connectivity index (χ3n) is 6.57. The summed E-state index contributed by atoms with van der Waals surface area (Å²) in [7, 11) is 0. The standard InChI is InChI=1S/C28H43N5O5/c1-17(2)15-20(22(34)24(29)35)31-25(36)21-13-10-14-33(21)26(37)23(28(4,5)6)32-27(38)30-18(3)16-19-11-8-7-9-12-19/h7-9,11-12,17-18,20-21,23H,10,13-16H2,1-6H3,(H2,29,35)(H,31,36)(H2,30,32,38)/t18?,20?,21-,23?/m0/s1. The minimum Gasteiger partial charge on any atom is -0.363 e. The van der Waals surface area contributed by atoms with Crippen molar-refractivity contribution in [2.75, 3.05) is 6.54 Å². The van der Waals surface area contributed by atoms with Gasteiger partial charge < -0.3 is 26.6 Å². The predicted octanol–water partition coefficient (Wildman–Crippen LogP) is 1.91. The molecule has 5 amide bonds. The summed E-state index contributed by atoms with van der Waals surface area (Å²) in [6, 6.07) is 6.39. The van der Waals surface area contributed by atoms with Crippen LogP contribution in [0.25, 0.3) is 0 Å². The molecule has 0 bridgehead atoms. The summed E-state index contributed by atoms with van der Waals surface area (Å²) in [5.41, 5.74) is 5.63. The Morgan fingerprint density at radius 1 is 1.00 bits per heavy atom. The number of likely N-dealkylation sites (tertiary alicyclic amines) is 1. The van der Waals surface area contributed by atoms with E-state index in [1.165, 1.54) is 4.90 Å². The Morgan fingerprint density at radius 2 is 1.63 bits per heavy atom. The molecular weight excluding hydrogens is 486 g/mol. The number of carbonyl (C=O) groups is 5. The number of nitrogens with two attached hydrogens (primary N) is 1. The molecule has 1 aromatic carbocycles. The lowest BCUT2D eigenvalue weighted by atomic mass is 9.85. The van der Waals surface area contributed by atoms with E-state index >= 15 is 0 Å². The van der Waals surface area contributed by atoms with Crippen molar-refractivity contribution in [1.82, 2.24) is 20.9 Å². The van der Waals surface area contributed by atoms with E-state index in [4.69, 9.17) is 5.73 Å². The van der Waals surface area contributed by atoms with Gasteiger partial charge >= 0.3 is 6.03 Å². The zero-order chi connectivity index (χ0) is 28.6. The van der Waals surface area contributed by atoms with E-state index in [1.54, 1.807) is 0 Å². The van der Waals surface area contributed by atoms with Gasteiger partial charge in [-0.15, -0.1) is 0 Å². The van der Waals surface area contributed by atoms with Crippen LogP contribution in [0.4, 0.5) is 4.79 Å². The second kappa shape index (κ2) is 13.4. The molecule has 0 aliphatic carbocycles. The molecule has 0 saturated carbocycles. The number of primary amides is 1. The van der Waals surface area contributed by atoms with Crippen molar-refractivity contribution in [3.63, 3.8) is 0 Å². The molecule has 38 heavy (non-hydrogen) atoms. The van der Waals surface area contributed by atoms with Crippen LogP contribution in [0, 0.1) is 11.3 Å². The van der Waals surface area contributed by atoms with E-state index < -0.39 is 47.2 Å². The van der Waals surface area contributed by atoms with Crippen molar-refractivity contribution >= 4 is 29.5 Å². The van der Waals surface area contributed by atoms with E-state index in [-0.39, 0.29) is 24.3 Å². The monoisotopic (exact) mass is 529 g/mol. The summed E-state index contributed by atoms with van der Waals surface area (Å²) in [4.78, 5) is 65.0. The first-order valence-electron chi connectivity index (χ1n) is 13.3. The molecule has 10 nitrogen and oxygen atoms in total. The molecule has 1 aliphatic rings. The van der Waals surface area contributed by atoms with Gasteiger partial charge in [0.2, 0.25) is 17.6 Å². The van der Waals surface area contributed by atoms with Crippen molar-refractivity contribution in [3.8, 4) is 0 Å². The van der Waals surface area contributed by atoms with Crippen LogP contribution in [-0.2, 0) is 25.6 Å². The molecule has 0 radical (unpaired) electrons.